The molecule has 0 atom stereocenters. The van der Waals surface area contributed by atoms with Crippen LogP contribution >= 0.6 is 24.0 Å². The molecule has 24 heavy (non-hydrogen) atoms. The lowest BCUT2D eigenvalue weighted by Crippen LogP contribution is -2.50. The Kier molecular flexibility index (Phi) is 9.30. The molecule has 2 fully saturated rings. The second kappa shape index (κ2) is 10.2. The number of hydrogen-bond donors (Lipinski definition) is 3. The lowest BCUT2D eigenvalue weighted by molar-refractivity contribution is -0.0594. The van der Waals surface area contributed by atoms with Crippen LogP contribution in [0.15, 0.2) is 4.99 Å². The van der Waals surface area contributed by atoms with Crippen LogP contribution in [0, 0.1) is 11.3 Å². The van der Waals surface area contributed by atoms with Gasteiger partial charge in [0.05, 0.1) is 5.60 Å². The molecule has 1 saturated heterocycles. The number of guanidine groups is 1. The molecule has 1 aliphatic heterocycles. The number of rotatable bonds is 7. The average molecular weight is 453 g/mol. The van der Waals surface area contributed by atoms with Gasteiger partial charge in [-0.3, -0.25) is 4.99 Å². The van der Waals surface area contributed by atoms with Gasteiger partial charge in [-0.1, -0.05) is 20.3 Å². The van der Waals surface area contributed by atoms with E-state index in [0.29, 0.717) is 38.0 Å². The lowest BCUT2D eigenvalue weighted by Gasteiger charge is -2.42. The summed E-state index contributed by atoms with van der Waals surface area (Å²) in [5.41, 5.74) is -0.257. The van der Waals surface area contributed by atoms with Crippen LogP contribution < -0.4 is 10.6 Å². The first-order valence-electron chi connectivity index (χ1n) is 9.29. The quantitative estimate of drug-likeness (QED) is 0.315. The second-order valence-corrected chi connectivity index (χ2v) is 7.84. The Bertz CT molecular complexity index is 392. The third-order valence-corrected chi connectivity index (χ3v) is 5.18. The van der Waals surface area contributed by atoms with Crippen LogP contribution in [0.2, 0.25) is 0 Å². The van der Waals surface area contributed by atoms with E-state index in [1.54, 1.807) is 0 Å². The van der Waals surface area contributed by atoms with Crippen LogP contribution in [-0.2, 0) is 4.74 Å². The molecule has 0 amide bonds. The van der Waals surface area contributed by atoms with Crippen molar-refractivity contribution < 1.29 is 9.84 Å². The zero-order valence-electron chi connectivity index (χ0n) is 15.6. The molecule has 5 nitrogen and oxygen atoms in total. The molecule has 142 valence electrons. The van der Waals surface area contributed by atoms with Gasteiger partial charge in [0.25, 0.3) is 0 Å². The fourth-order valence-electron chi connectivity index (χ4n) is 3.73. The zero-order valence-corrected chi connectivity index (χ0v) is 17.9. The molecule has 1 saturated carbocycles. The van der Waals surface area contributed by atoms with Crippen molar-refractivity contribution in [2.45, 2.75) is 64.9 Å². The Morgan fingerprint density at radius 2 is 1.83 bits per heavy atom. The molecule has 6 heteroatoms. The second-order valence-electron chi connectivity index (χ2n) is 7.84. The Morgan fingerprint density at radius 1 is 1.17 bits per heavy atom. The molecule has 0 unspecified atom stereocenters. The molecular formula is C18H36IN3O2. The van der Waals surface area contributed by atoms with Crippen molar-refractivity contribution in [1.29, 1.82) is 0 Å². The summed E-state index contributed by atoms with van der Waals surface area (Å²) in [7, 11) is 0. The molecule has 2 rings (SSSR count). The van der Waals surface area contributed by atoms with Crippen LogP contribution in [0.1, 0.15) is 59.3 Å². The minimum atomic E-state index is -0.666. The minimum Gasteiger partial charge on any atom is -0.388 e. The summed E-state index contributed by atoms with van der Waals surface area (Å²) in [6.07, 6.45) is 6.58. The molecule has 1 aliphatic carbocycles. The van der Waals surface area contributed by atoms with Crippen molar-refractivity contribution in [2.24, 2.45) is 16.3 Å². The SMILES string of the molecule is CCNC(=NCC1(CC(C)C)CCC1)NCC1(O)CCOCC1.I. The highest BCUT2D eigenvalue weighted by atomic mass is 127. The molecule has 0 bridgehead atoms. The van der Waals surface area contributed by atoms with Crippen LogP contribution in [0.3, 0.4) is 0 Å². The maximum Gasteiger partial charge on any atom is 0.191 e. The number of nitrogens with zero attached hydrogens (tertiary/aromatic N) is 1. The van der Waals surface area contributed by atoms with Crippen molar-refractivity contribution in [1.82, 2.24) is 10.6 Å². The molecule has 0 aromatic rings. The maximum atomic E-state index is 10.6. The Balaban J connectivity index is 0.00000288. The largest absolute Gasteiger partial charge is 0.388 e. The first-order valence-corrected chi connectivity index (χ1v) is 9.29. The van der Waals surface area contributed by atoms with E-state index in [0.717, 1.165) is 25.0 Å². The summed E-state index contributed by atoms with van der Waals surface area (Å²) < 4.78 is 5.34. The van der Waals surface area contributed by atoms with Crippen molar-refractivity contribution in [3.63, 3.8) is 0 Å². The number of hydrogen-bond acceptors (Lipinski definition) is 3. The first kappa shape index (κ1) is 22.0. The number of aliphatic hydroxyl groups is 1. The predicted octanol–water partition coefficient (Wildman–Crippen LogP) is 2.92. The molecule has 0 aromatic heterocycles. The average Bonchev–Trinajstić information content (AvgIpc) is 2.47. The smallest absolute Gasteiger partial charge is 0.191 e. The third-order valence-electron chi connectivity index (χ3n) is 5.18. The third kappa shape index (κ3) is 6.67. The Hall–Kier alpha value is -0.0800. The highest BCUT2D eigenvalue weighted by Gasteiger charge is 2.37. The number of halogens is 1. The van der Waals surface area contributed by atoms with E-state index in [-0.39, 0.29) is 24.0 Å². The Morgan fingerprint density at radius 3 is 2.33 bits per heavy atom. The van der Waals surface area contributed by atoms with Crippen LogP contribution in [0.5, 0.6) is 0 Å². The van der Waals surface area contributed by atoms with E-state index >= 15 is 0 Å². The monoisotopic (exact) mass is 453 g/mol. The normalized spacial score (nSPS) is 22.5. The molecule has 0 spiro atoms. The standard InChI is InChI=1S/C18H35N3O2.HI/c1-4-19-16(21-14-18(22)8-10-23-11-9-18)20-13-17(6-5-7-17)12-15(2)3;/h15,22H,4-14H2,1-3H3,(H2,19,20,21);1H. The van der Waals surface area contributed by atoms with E-state index in [9.17, 15) is 5.11 Å². The lowest BCUT2D eigenvalue weighted by atomic mass is 9.64. The highest BCUT2D eigenvalue weighted by molar-refractivity contribution is 14.0. The summed E-state index contributed by atoms with van der Waals surface area (Å²) in [6.45, 7) is 10.2. The van der Waals surface area contributed by atoms with Gasteiger partial charge in [0.1, 0.15) is 0 Å². The van der Waals surface area contributed by atoms with Gasteiger partial charge >= 0.3 is 0 Å². The molecule has 3 N–H and O–H groups in total. The summed E-state index contributed by atoms with van der Waals surface area (Å²) in [4.78, 5) is 4.83. The molecular weight excluding hydrogens is 417 g/mol. The van der Waals surface area contributed by atoms with E-state index in [4.69, 9.17) is 9.73 Å². The van der Waals surface area contributed by atoms with Gasteiger partial charge in [0.2, 0.25) is 0 Å². The topological polar surface area (TPSA) is 65.9 Å². The minimum absolute atomic E-state index is 0. The van der Waals surface area contributed by atoms with Gasteiger partial charge in [0.15, 0.2) is 5.96 Å². The van der Waals surface area contributed by atoms with Crippen molar-refractivity contribution in [3.8, 4) is 0 Å². The van der Waals surface area contributed by atoms with Crippen molar-refractivity contribution in [2.75, 3.05) is 32.8 Å². The summed E-state index contributed by atoms with van der Waals surface area (Å²) in [6, 6.07) is 0. The summed E-state index contributed by atoms with van der Waals surface area (Å²) >= 11 is 0. The van der Waals surface area contributed by atoms with Crippen molar-refractivity contribution >= 4 is 29.9 Å². The number of aliphatic imine (C=N–C) groups is 1. The van der Waals surface area contributed by atoms with Crippen LogP contribution in [0.4, 0.5) is 0 Å². The highest BCUT2D eigenvalue weighted by Crippen LogP contribution is 2.46. The zero-order chi connectivity index (χ0) is 16.8. The van der Waals surface area contributed by atoms with E-state index in [1.807, 2.05) is 0 Å². The van der Waals surface area contributed by atoms with E-state index in [2.05, 4.69) is 31.4 Å². The summed E-state index contributed by atoms with van der Waals surface area (Å²) in [5, 5.41) is 17.2. The first-order chi connectivity index (χ1) is 11.0. The van der Waals surface area contributed by atoms with Gasteiger partial charge < -0.3 is 20.5 Å². The number of ether oxygens (including phenoxy) is 1. The van der Waals surface area contributed by atoms with Gasteiger partial charge in [-0.15, -0.1) is 24.0 Å². The maximum absolute atomic E-state index is 10.6. The fraction of sp³-hybridized carbons (Fsp3) is 0.944. The van der Waals surface area contributed by atoms with Gasteiger partial charge in [-0.25, -0.2) is 0 Å². The van der Waals surface area contributed by atoms with Gasteiger partial charge in [-0.05, 0) is 37.5 Å². The predicted molar refractivity (Wildman–Crippen MR) is 110 cm³/mol. The molecule has 2 aliphatic rings. The van der Waals surface area contributed by atoms with E-state index in [1.165, 1.54) is 25.7 Å². The number of nitrogens with one attached hydrogen (secondary N) is 2. The van der Waals surface area contributed by atoms with Gasteiger partial charge in [-0.2, -0.15) is 0 Å². The van der Waals surface area contributed by atoms with Crippen LogP contribution in [0.25, 0.3) is 0 Å². The summed E-state index contributed by atoms with van der Waals surface area (Å²) in [5.74, 6) is 1.56. The van der Waals surface area contributed by atoms with Crippen LogP contribution in [-0.4, -0.2) is 49.5 Å². The van der Waals surface area contributed by atoms with Crippen molar-refractivity contribution in [3.05, 3.63) is 0 Å². The molecule has 0 aromatic carbocycles. The molecule has 0 radical (unpaired) electrons. The Labute approximate surface area is 164 Å². The van der Waals surface area contributed by atoms with Gasteiger partial charge in [0, 0.05) is 45.7 Å². The molecule has 1 heterocycles. The van der Waals surface area contributed by atoms with E-state index < -0.39 is 5.60 Å². The fourth-order valence-corrected chi connectivity index (χ4v) is 3.73.